The minimum atomic E-state index is -4.97. The third-order valence-electron chi connectivity index (χ3n) is 2.64. The van der Waals surface area contributed by atoms with Crippen LogP contribution in [0.25, 0.3) is 0 Å². The second-order valence-corrected chi connectivity index (χ2v) is 4.27. The van der Waals surface area contributed by atoms with E-state index < -0.39 is 18.1 Å². The number of carbonyl (C=O) groups excluding carboxylic acids is 2. The first-order chi connectivity index (χ1) is 9.84. The number of halogens is 3. The van der Waals surface area contributed by atoms with E-state index in [9.17, 15) is 22.8 Å². The van der Waals surface area contributed by atoms with Crippen molar-refractivity contribution < 1.29 is 27.5 Å². The number of carbonyl (C=O) groups is 2. The van der Waals surface area contributed by atoms with Crippen LogP contribution in [0.1, 0.15) is 18.9 Å². The summed E-state index contributed by atoms with van der Waals surface area (Å²) in [6.07, 6.45) is -5.24. The van der Waals surface area contributed by atoms with Crippen LogP contribution in [-0.2, 0) is 20.9 Å². The van der Waals surface area contributed by atoms with Gasteiger partial charge in [0.25, 0.3) is 0 Å². The van der Waals surface area contributed by atoms with Crippen molar-refractivity contribution in [2.45, 2.75) is 26.1 Å². The van der Waals surface area contributed by atoms with Crippen molar-refractivity contribution in [3.8, 4) is 0 Å². The molecule has 0 saturated heterocycles. The minimum absolute atomic E-state index is 0.144. The monoisotopic (exact) mass is 303 g/mol. The maximum Gasteiger partial charge on any atom is 0.471 e. The summed E-state index contributed by atoms with van der Waals surface area (Å²) in [6, 6.07) is 8.27. The van der Waals surface area contributed by atoms with Crippen LogP contribution in [0.4, 0.5) is 13.2 Å². The Hall–Kier alpha value is -2.05. The highest BCUT2D eigenvalue weighted by Gasteiger charge is 2.42. The molecule has 116 valence electrons. The number of rotatable bonds is 6. The smallest absolute Gasteiger partial charge is 0.466 e. The summed E-state index contributed by atoms with van der Waals surface area (Å²) >= 11 is 0. The van der Waals surface area contributed by atoms with Crippen molar-refractivity contribution in [2.24, 2.45) is 0 Å². The van der Waals surface area contributed by atoms with Gasteiger partial charge in [0.2, 0.25) is 0 Å². The molecule has 0 N–H and O–H groups in total. The van der Waals surface area contributed by atoms with Crippen LogP contribution in [-0.4, -0.2) is 36.1 Å². The molecule has 21 heavy (non-hydrogen) atoms. The molecule has 1 rings (SSSR count). The molecule has 0 unspecified atom stereocenters. The van der Waals surface area contributed by atoms with E-state index >= 15 is 0 Å². The number of nitrogens with zero attached hydrogens (tertiary/aromatic N) is 1. The number of hydrogen-bond donors (Lipinski definition) is 0. The summed E-state index contributed by atoms with van der Waals surface area (Å²) in [6.45, 7) is 1.19. The van der Waals surface area contributed by atoms with Crippen molar-refractivity contribution in [1.82, 2.24) is 4.90 Å². The summed E-state index contributed by atoms with van der Waals surface area (Å²) in [7, 11) is 0. The van der Waals surface area contributed by atoms with Gasteiger partial charge in [-0.2, -0.15) is 13.2 Å². The van der Waals surface area contributed by atoms with Gasteiger partial charge in [0.05, 0.1) is 13.0 Å². The average Bonchev–Trinajstić information content (AvgIpc) is 2.43. The highest BCUT2D eigenvalue weighted by atomic mass is 19.4. The Morgan fingerprint density at radius 1 is 1.19 bits per heavy atom. The van der Waals surface area contributed by atoms with E-state index in [1.54, 1.807) is 37.3 Å². The van der Waals surface area contributed by atoms with E-state index in [0.717, 1.165) is 0 Å². The van der Waals surface area contributed by atoms with E-state index in [-0.39, 0.29) is 26.1 Å². The van der Waals surface area contributed by atoms with Crippen LogP contribution < -0.4 is 0 Å². The lowest BCUT2D eigenvalue weighted by Crippen LogP contribution is -2.41. The molecule has 7 heteroatoms. The molecule has 0 aliphatic heterocycles. The molecule has 0 saturated carbocycles. The van der Waals surface area contributed by atoms with Crippen LogP contribution in [0.2, 0.25) is 0 Å². The quantitative estimate of drug-likeness (QED) is 0.759. The molecule has 0 aromatic heterocycles. The maximum absolute atomic E-state index is 12.6. The van der Waals surface area contributed by atoms with Crippen LogP contribution in [0.3, 0.4) is 0 Å². The van der Waals surface area contributed by atoms with Gasteiger partial charge in [-0.05, 0) is 12.5 Å². The van der Waals surface area contributed by atoms with Crippen molar-refractivity contribution in [2.75, 3.05) is 13.2 Å². The fraction of sp³-hybridized carbons (Fsp3) is 0.429. The molecule has 1 aromatic carbocycles. The number of amides is 1. The van der Waals surface area contributed by atoms with Crippen molar-refractivity contribution in [1.29, 1.82) is 0 Å². The summed E-state index contributed by atoms with van der Waals surface area (Å²) in [5, 5.41) is 0. The second-order valence-electron chi connectivity index (χ2n) is 4.27. The highest BCUT2D eigenvalue weighted by molar-refractivity contribution is 5.82. The fourth-order valence-corrected chi connectivity index (χ4v) is 1.69. The van der Waals surface area contributed by atoms with Crippen LogP contribution in [0, 0.1) is 0 Å². The van der Waals surface area contributed by atoms with Gasteiger partial charge in [0.1, 0.15) is 0 Å². The first-order valence-electron chi connectivity index (χ1n) is 6.40. The Bertz CT molecular complexity index is 474. The zero-order chi connectivity index (χ0) is 15.9. The van der Waals surface area contributed by atoms with Gasteiger partial charge in [0.15, 0.2) is 0 Å². The van der Waals surface area contributed by atoms with Crippen molar-refractivity contribution >= 4 is 11.9 Å². The number of ether oxygens (including phenoxy) is 1. The van der Waals surface area contributed by atoms with Crippen LogP contribution >= 0.6 is 0 Å². The van der Waals surface area contributed by atoms with Crippen molar-refractivity contribution in [3.63, 3.8) is 0 Å². The molecule has 0 radical (unpaired) electrons. The molecule has 0 heterocycles. The predicted octanol–water partition coefficient (Wildman–Crippen LogP) is 2.53. The molecule has 1 amide bonds. The number of hydrogen-bond acceptors (Lipinski definition) is 3. The van der Waals surface area contributed by atoms with Gasteiger partial charge in [-0.25, -0.2) is 0 Å². The number of esters is 1. The van der Waals surface area contributed by atoms with Gasteiger partial charge in [-0.1, -0.05) is 30.3 Å². The van der Waals surface area contributed by atoms with E-state index in [1.807, 2.05) is 0 Å². The minimum Gasteiger partial charge on any atom is -0.466 e. The summed E-state index contributed by atoms with van der Waals surface area (Å²) in [5.74, 6) is -2.60. The summed E-state index contributed by atoms with van der Waals surface area (Å²) in [5.41, 5.74) is 0.555. The van der Waals surface area contributed by atoms with Gasteiger partial charge in [0, 0.05) is 13.1 Å². The molecule has 0 fully saturated rings. The first kappa shape index (κ1) is 17.0. The third kappa shape index (κ3) is 5.85. The highest BCUT2D eigenvalue weighted by Crippen LogP contribution is 2.20. The molecule has 0 aliphatic rings. The molecular formula is C14H16F3NO3. The van der Waals surface area contributed by atoms with Crippen LogP contribution in [0.5, 0.6) is 0 Å². The zero-order valence-corrected chi connectivity index (χ0v) is 11.5. The number of benzene rings is 1. The van der Waals surface area contributed by atoms with Crippen molar-refractivity contribution in [3.05, 3.63) is 35.9 Å². The standard InChI is InChI=1S/C14H16F3NO3/c1-2-21-12(19)8-9-18(13(20)14(15,16)17)10-11-6-4-3-5-7-11/h3-7H,2,8-10H2,1H3. The van der Waals surface area contributed by atoms with E-state index in [2.05, 4.69) is 4.74 Å². The van der Waals surface area contributed by atoms with Gasteiger partial charge in [-0.15, -0.1) is 0 Å². The Balaban J connectivity index is 2.75. The maximum atomic E-state index is 12.6. The molecule has 0 spiro atoms. The average molecular weight is 303 g/mol. The lowest BCUT2D eigenvalue weighted by Gasteiger charge is -2.23. The zero-order valence-electron chi connectivity index (χ0n) is 11.5. The normalized spacial score (nSPS) is 11.0. The lowest BCUT2D eigenvalue weighted by molar-refractivity contribution is -0.186. The Labute approximate surface area is 120 Å². The largest absolute Gasteiger partial charge is 0.471 e. The Kier molecular flexibility index (Phi) is 6.20. The Morgan fingerprint density at radius 2 is 1.81 bits per heavy atom. The van der Waals surface area contributed by atoms with Gasteiger partial charge < -0.3 is 9.64 Å². The summed E-state index contributed by atoms with van der Waals surface area (Å²) < 4.78 is 42.4. The van der Waals surface area contributed by atoms with E-state index in [0.29, 0.717) is 10.5 Å². The van der Waals surface area contributed by atoms with E-state index in [4.69, 9.17) is 0 Å². The fourth-order valence-electron chi connectivity index (χ4n) is 1.69. The Morgan fingerprint density at radius 3 is 2.33 bits per heavy atom. The topological polar surface area (TPSA) is 46.6 Å². The third-order valence-corrected chi connectivity index (χ3v) is 2.64. The second kappa shape index (κ2) is 7.66. The first-order valence-corrected chi connectivity index (χ1v) is 6.40. The van der Waals surface area contributed by atoms with Crippen LogP contribution in [0.15, 0.2) is 30.3 Å². The SMILES string of the molecule is CCOC(=O)CCN(Cc1ccccc1)C(=O)C(F)(F)F. The summed E-state index contributed by atoms with van der Waals surface area (Å²) in [4.78, 5) is 23.2. The number of alkyl halides is 3. The van der Waals surface area contributed by atoms with Gasteiger partial charge in [-0.3, -0.25) is 9.59 Å². The molecule has 4 nitrogen and oxygen atoms in total. The van der Waals surface area contributed by atoms with E-state index in [1.165, 1.54) is 0 Å². The molecule has 0 aliphatic carbocycles. The van der Waals surface area contributed by atoms with Gasteiger partial charge >= 0.3 is 18.1 Å². The molecule has 1 aromatic rings. The lowest BCUT2D eigenvalue weighted by atomic mass is 10.2. The molecule has 0 atom stereocenters. The molecule has 0 bridgehead atoms. The predicted molar refractivity (Wildman–Crippen MR) is 69.2 cm³/mol. The molecular weight excluding hydrogens is 287 g/mol.